The molecular formula is C15H17ClFN3O3. The van der Waals surface area contributed by atoms with Crippen molar-refractivity contribution in [2.45, 2.75) is 32.4 Å². The molecule has 0 aliphatic carbocycles. The lowest BCUT2D eigenvalue weighted by molar-refractivity contribution is -0.136. The maximum Gasteiger partial charge on any atom is 0.328 e. The summed E-state index contributed by atoms with van der Waals surface area (Å²) in [5.74, 6) is -1.58. The summed E-state index contributed by atoms with van der Waals surface area (Å²) in [6.07, 6.45) is 0. The van der Waals surface area contributed by atoms with Crippen LogP contribution >= 0.6 is 11.6 Å². The van der Waals surface area contributed by atoms with Crippen molar-refractivity contribution in [3.8, 4) is 0 Å². The monoisotopic (exact) mass is 341 g/mol. The zero-order chi connectivity index (χ0) is 17.5. The number of likely N-dealkylation sites (N-methyl/N-ethyl adjacent to an activating group) is 1. The average molecular weight is 342 g/mol. The predicted molar refractivity (Wildman–Crippen MR) is 83.6 cm³/mol. The minimum Gasteiger partial charge on any atom is -0.323 e. The smallest absolute Gasteiger partial charge is 0.323 e. The topological polar surface area (TPSA) is 69.7 Å². The van der Waals surface area contributed by atoms with E-state index >= 15 is 0 Å². The van der Waals surface area contributed by atoms with Gasteiger partial charge in [-0.2, -0.15) is 0 Å². The summed E-state index contributed by atoms with van der Waals surface area (Å²) < 4.78 is 13.0. The number of hydrogen-bond donors (Lipinski definition) is 1. The highest BCUT2D eigenvalue weighted by molar-refractivity contribution is 6.33. The number of carbonyl (C=O) groups is 3. The van der Waals surface area contributed by atoms with Gasteiger partial charge in [0.1, 0.15) is 17.4 Å². The molecule has 0 aromatic heterocycles. The molecule has 4 amide bonds. The van der Waals surface area contributed by atoms with Crippen LogP contribution in [-0.2, 0) is 9.59 Å². The van der Waals surface area contributed by atoms with Crippen LogP contribution in [-0.4, -0.2) is 46.3 Å². The molecule has 1 atom stereocenters. The van der Waals surface area contributed by atoms with Crippen molar-refractivity contribution in [2.24, 2.45) is 0 Å². The molecule has 6 nitrogen and oxygen atoms in total. The SMILES string of the molecule is CC(C(=O)Nc1ccc(F)cc1Cl)N1C(=O)N(C)C(C)(C)C1=O. The summed E-state index contributed by atoms with van der Waals surface area (Å²) in [4.78, 5) is 39.1. The van der Waals surface area contributed by atoms with Gasteiger partial charge in [-0.1, -0.05) is 11.6 Å². The Kier molecular flexibility index (Phi) is 4.34. The fraction of sp³-hybridized carbons (Fsp3) is 0.400. The number of amides is 4. The number of hydrogen-bond acceptors (Lipinski definition) is 3. The van der Waals surface area contributed by atoms with E-state index in [1.807, 2.05) is 0 Å². The van der Waals surface area contributed by atoms with E-state index < -0.39 is 35.2 Å². The summed E-state index contributed by atoms with van der Waals surface area (Å²) in [5, 5.41) is 2.52. The van der Waals surface area contributed by atoms with E-state index in [2.05, 4.69) is 5.32 Å². The van der Waals surface area contributed by atoms with Crippen LogP contribution in [0.25, 0.3) is 0 Å². The van der Waals surface area contributed by atoms with Crippen molar-refractivity contribution in [1.82, 2.24) is 9.80 Å². The third-order valence-corrected chi connectivity index (χ3v) is 4.34. The molecule has 2 rings (SSSR count). The highest BCUT2D eigenvalue weighted by atomic mass is 35.5. The van der Waals surface area contributed by atoms with Crippen molar-refractivity contribution in [1.29, 1.82) is 0 Å². The second kappa shape index (κ2) is 5.81. The number of anilines is 1. The lowest BCUT2D eigenvalue weighted by atomic mass is 10.0. The number of halogens is 2. The molecule has 1 N–H and O–H groups in total. The van der Waals surface area contributed by atoms with Gasteiger partial charge in [0.25, 0.3) is 5.91 Å². The number of nitrogens with zero attached hydrogens (tertiary/aromatic N) is 2. The molecule has 1 saturated heterocycles. The average Bonchev–Trinajstić information content (AvgIpc) is 2.62. The summed E-state index contributed by atoms with van der Waals surface area (Å²) in [7, 11) is 1.50. The van der Waals surface area contributed by atoms with Gasteiger partial charge in [0.15, 0.2) is 0 Å². The molecule has 1 aromatic rings. The van der Waals surface area contributed by atoms with Crippen LogP contribution in [0, 0.1) is 5.82 Å². The lowest BCUT2D eigenvalue weighted by Crippen LogP contribution is -2.47. The summed E-state index contributed by atoms with van der Waals surface area (Å²) in [6, 6.07) is 1.94. The van der Waals surface area contributed by atoms with E-state index in [9.17, 15) is 18.8 Å². The van der Waals surface area contributed by atoms with Gasteiger partial charge in [0.05, 0.1) is 10.7 Å². The molecule has 1 aromatic carbocycles. The highest BCUT2D eigenvalue weighted by Gasteiger charge is 2.52. The third-order valence-electron chi connectivity index (χ3n) is 4.03. The molecule has 1 heterocycles. The Morgan fingerprint density at radius 3 is 2.43 bits per heavy atom. The molecule has 8 heteroatoms. The Morgan fingerprint density at radius 1 is 1.35 bits per heavy atom. The van der Waals surface area contributed by atoms with Crippen LogP contribution < -0.4 is 5.32 Å². The number of carbonyl (C=O) groups excluding carboxylic acids is 3. The van der Waals surface area contributed by atoms with Gasteiger partial charge in [0, 0.05) is 7.05 Å². The largest absolute Gasteiger partial charge is 0.328 e. The highest BCUT2D eigenvalue weighted by Crippen LogP contribution is 2.28. The van der Waals surface area contributed by atoms with Crippen LogP contribution in [0.1, 0.15) is 20.8 Å². The van der Waals surface area contributed by atoms with Crippen LogP contribution in [0.3, 0.4) is 0 Å². The third kappa shape index (κ3) is 2.88. The van der Waals surface area contributed by atoms with Gasteiger partial charge < -0.3 is 10.2 Å². The quantitative estimate of drug-likeness (QED) is 0.859. The van der Waals surface area contributed by atoms with Gasteiger partial charge in [-0.15, -0.1) is 0 Å². The summed E-state index contributed by atoms with van der Waals surface area (Å²) >= 11 is 5.85. The molecule has 0 radical (unpaired) electrons. The molecule has 0 spiro atoms. The summed E-state index contributed by atoms with van der Waals surface area (Å²) in [5.41, 5.74) is -0.810. The Morgan fingerprint density at radius 2 is 1.96 bits per heavy atom. The van der Waals surface area contributed by atoms with Gasteiger partial charge in [-0.3, -0.25) is 9.59 Å². The van der Waals surface area contributed by atoms with Crippen LogP contribution in [0.2, 0.25) is 5.02 Å². The maximum atomic E-state index is 13.0. The van der Waals surface area contributed by atoms with Crippen LogP contribution in [0.4, 0.5) is 14.9 Å². The van der Waals surface area contributed by atoms with Crippen molar-refractivity contribution < 1.29 is 18.8 Å². The minimum atomic E-state index is -1.03. The van der Waals surface area contributed by atoms with E-state index in [0.717, 1.165) is 17.0 Å². The maximum absolute atomic E-state index is 13.0. The van der Waals surface area contributed by atoms with Gasteiger partial charge in [-0.25, -0.2) is 14.1 Å². The lowest BCUT2D eigenvalue weighted by Gasteiger charge is -2.23. The molecular weight excluding hydrogens is 325 g/mol. The van der Waals surface area contributed by atoms with Crippen LogP contribution in [0.5, 0.6) is 0 Å². The van der Waals surface area contributed by atoms with Gasteiger partial charge in [-0.05, 0) is 39.0 Å². The van der Waals surface area contributed by atoms with E-state index in [1.165, 1.54) is 24.9 Å². The fourth-order valence-electron chi connectivity index (χ4n) is 2.21. The Bertz CT molecular complexity index is 693. The number of rotatable bonds is 3. The first-order valence-electron chi connectivity index (χ1n) is 6.94. The minimum absolute atomic E-state index is 0.0297. The Labute approximate surface area is 138 Å². The molecule has 124 valence electrons. The first-order chi connectivity index (χ1) is 10.6. The normalized spacial score (nSPS) is 18.3. The number of imide groups is 1. The second-order valence-corrected chi connectivity index (χ2v) is 6.27. The van der Waals surface area contributed by atoms with Crippen molar-refractivity contribution in [2.75, 3.05) is 12.4 Å². The van der Waals surface area contributed by atoms with Gasteiger partial charge >= 0.3 is 6.03 Å². The van der Waals surface area contributed by atoms with Crippen molar-refractivity contribution in [3.05, 3.63) is 29.0 Å². The zero-order valence-electron chi connectivity index (χ0n) is 13.2. The molecule has 1 unspecified atom stereocenters. The number of benzene rings is 1. The Balaban J connectivity index is 2.20. The second-order valence-electron chi connectivity index (χ2n) is 5.87. The van der Waals surface area contributed by atoms with Crippen molar-refractivity contribution in [3.63, 3.8) is 0 Å². The van der Waals surface area contributed by atoms with E-state index in [0.29, 0.717) is 0 Å². The van der Waals surface area contributed by atoms with E-state index in [-0.39, 0.29) is 10.7 Å². The van der Waals surface area contributed by atoms with E-state index in [4.69, 9.17) is 11.6 Å². The molecule has 1 fully saturated rings. The molecule has 1 aliphatic rings. The fourth-order valence-corrected chi connectivity index (χ4v) is 2.43. The molecule has 23 heavy (non-hydrogen) atoms. The van der Waals surface area contributed by atoms with Crippen molar-refractivity contribution >= 4 is 35.1 Å². The number of urea groups is 1. The van der Waals surface area contributed by atoms with Gasteiger partial charge in [0.2, 0.25) is 5.91 Å². The zero-order valence-corrected chi connectivity index (χ0v) is 13.9. The first kappa shape index (κ1) is 17.2. The first-order valence-corrected chi connectivity index (χ1v) is 7.32. The Hall–Kier alpha value is -2.15. The molecule has 0 bridgehead atoms. The molecule has 0 saturated carbocycles. The van der Waals surface area contributed by atoms with Crippen LogP contribution in [0.15, 0.2) is 18.2 Å². The standard InChI is InChI=1S/C15H17ClFN3O3/c1-8(20-13(22)15(2,3)19(4)14(20)23)12(21)18-11-6-5-9(17)7-10(11)16/h5-8H,1-4H3,(H,18,21). The summed E-state index contributed by atoms with van der Waals surface area (Å²) in [6.45, 7) is 4.65. The number of nitrogens with one attached hydrogen (secondary N) is 1. The molecule has 1 aliphatic heterocycles. The predicted octanol–water partition coefficient (Wildman–Crippen LogP) is 2.48. The van der Waals surface area contributed by atoms with E-state index in [1.54, 1.807) is 13.8 Å².